The number of nitrogens with zero attached hydrogens (tertiary/aromatic N) is 4. The summed E-state index contributed by atoms with van der Waals surface area (Å²) in [6, 6.07) is 16.3. The fraction of sp³-hybridized carbons (Fsp3) is 0.208. The zero-order chi connectivity index (χ0) is 25.2. The molecule has 2 N–H and O–H groups in total. The van der Waals surface area contributed by atoms with Crippen LogP contribution in [-0.2, 0) is 20.0 Å². The standard InChI is InChI=1S/C24H24N6O4S2/c31-35(32,29-24-25-15-6-16-26-24)21-13-11-19(12-14-21)28-36(33,34)22-17-30(20-9-4-5-10-20)27-23(22)18-7-2-1-3-8-18/h1-3,6-8,11-17,20,28H,4-5,9-10H2,(H,25,26,29). The number of anilines is 2. The summed E-state index contributed by atoms with van der Waals surface area (Å²) >= 11 is 0. The number of hydrogen-bond donors (Lipinski definition) is 2. The van der Waals surface area contributed by atoms with E-state index in [0.29, 0.717) is 11.3 Å². The minimum atomic E-state index is -4.02. The minimum Gasteiger partial charge on any atom is -0.280 e. The molecule has 0 spiro atoms. The zero-order valence-electron chi connectivity index (χ0n) is 19.1. The molecular formula is C24H24N6O4S2. The van der Waals surface area contributed by atoms with Crippen LogP contribution in [-0.4, -0.2) is 36.6 Å². The molecule has 0 aliphatic heterocycles. The molecule has 1 aliphatic rings. The van der Waals surface area contributed by atoms with Crippen molar-refractivity contribution in [3.05, 3.63) is 79.3 Å². The lowest BCUT2D eigenvalue weighted by atomic mass is 10.2. The van der Waals surface area contributed by atoms with Crippen LogP contribution in [0, 0.1) is 0 Å². The van der Waals surface area contributed by atoms with Crippen LogP contribution < -0.4 is 9.44 Å². The van der Waals surface area contributed by atoms with Gasteiger partial charge in [0.25, 0.3) is 20.0 Å². The predicted octanol–water partition coefficient (Wildman–Crippen LogP) is 4.06. The van der Waals surface area contributed by atoms with E-state index in [2.05, 4.69) is 24.5 Å². The van der Waals surface area contributed by atoms with Crippen molar-refractivity contribution in [3.8, 4) is 11.3 Å². The van der Waals surface area contributed by atoms with Gasteiger partial charge in [0, 0.05) is 29.8 Å². The Morgan fingerprint density at radius 2 is 1.44 bits per heavy atom. The second-order valence-electron chi connectivity index (χ2n) is 8.43. The Morgan fingerprint density at radius 3 is 2.11 bits per heavy atom. The van der Waals surface area contributed by atoms with Gasteiger partial charge in [-0.3, -0.25) is 9.40 Å². The summed E-state index contributed by atoms with van der Waals surface area (Å²) in [6.07, 6.45) is 8.52. The van der Waals surface area contributed by atoms with Crippen molar-refractivity contribution >= 4 is 31.7 Å². The van der Waals surface area contributed by atoms with Gasteiger partial charge < -0.3 is 0 Å². The quantitative estimate of drug-likeness (QED) is 0.355. The van der Waals surface area contributed by atoms with Crippen LogP contribution >= 0.6 is 0 Å². The molecule has 186 valence electrons. The van der Waals surface area contributed by atoms with E-state index in [9.17, 15) is 16.8 Å². The van der Waals surface area contributed by atoms with Gasteiger partial charge in [-0.25, -0.2) is 31.5 Å². The van der Waals surface area contributed by atoms with Gasteiger partial charge in [0.2, 0.25) is 5.95 Å². The molecule has 2 aromatic heterocycles. The van der Waals surface area contributed by atoms with Gasteiger partial charge in [0.05, 0.1) is 10.9 Å². The maximum atomic E-state index is 13.4. The number of rotatable bonds is 8. The number of aromatic nitrogens is 4. The van der Waals surface area contributed by atoms with Crippen molar-refractivity contribution in [2.45, 2.75) is 41.5 Å². The number of sulfonamides is 2. The molecule has 2 heterocycles. The molecule has 12 heteroatoms. The number of benzene rings is 2. The molecule has 0 atom stereocenters. The average molecular weight is 525 g/mol. The molecule has 36 heavy (non-hydrogen) atoms. The molecule has 0 saturated heterocycles. The summed E-state index contributed by atoms with van der Waals surface area (Å²) in [6.45, 7) is 0. The van der Waals surface area contributed by atoms with Crippen LogP contribution in [0.1, 0.15) is 31.7 Å². The smallest absolute Gasteiger partial charge is 0.265 e. The van der Waals surface area contributed by atoms with Crippen molar-refractivity contribution < 1.29 is 16.8 Å². The normalized spacial score (nSPS) is 14.6. The summed E-state index contributed by atoms with van der Waals surface area (Å²) in [5, 5.41) is 4.65. The number of nitrogens with one attached hydrogen (secondary N) is 2. The van der Waals surface area contributed by atoms with Gasteiger partial charge in [0.15, 0.2) is 0 Å². The Hall–Kier alpha value is -3.77. The summed E-state index contributed by atoms with van der Waals surface area (Å²) in [5.74, 6) is -0.0602. The second-order valence-corrected chi connectivity index (χ2v) is 11.8. The Balaban J connectivity index is 1.42. The van der Waals surface area contributed by atoms with E-state index in [1.54, 1.807) is 16.9 Å². The highest BCUT2D eigenvalue weighted by Crippen LogP contribution is 2.34. The van der Waals surface area contributed by atoms with Crippen molar-refractivity contribution in [1.29, 1.82) is 0 Å². The van der Waals surface area contributed by atoms with Crippen LogP contribution in [0.15, 0.2) is 89.0 Å². The number of hydrogen-bond acceptors (Lipinski definition) is 7. The molecule has 0 radical (unpaired) electrons. The minimum absolute atomic E-state index is 0.0584. The zero-order valence-corrected chi connectivity index (χ0v) is 20.8. The fourth-order valence-corrected chi connectivity index (χ4v) is 6.34. The summed E-state index contributed by atoms with van der Waals surface area (Å²) in [7, 11) is -7.96. The van der Waals surface area contributed by atoms with Gasteiger partial charge in [0.1, 0.15) is 10.6 Å². The first-order valence-electron chi connectivity index (χ1n) is 11.4. The predicted molar refractivity (Wildman–Crippen MR) is 135 cm³/mol. The molecule has 1 aliphatic carbocycles. The second kappa shape index (κ2) is 9.70. The molecule has 0 unspecified atom stereocenters. The van der Waals surface area contributed by atoms with Gasteiger partial charge in [-0.2, -0.15) is 5.10 Å². The Morgan fingerprint density at radius 1 is 0.778 bits per heavy atom. The molecular weight excluding hydrogens is 500 g/mol. The maximum Gasteiger partial charge on any atom is 0.265 e. The summed E-state index contributed by atoms with van der Waals surface area (Å²) in [4.78, 5) is 7.71. The third kappa shape index (κ3) is 5.09. The largest absolute Gasteiger partial charge is 0.280 e. The van der Waals surface area contributed by atoms with Gasteiger partial charge in [-0.15, -0.1) is 0 Å². The molecule has 10 nitrogen and oxygen atoms in total. The van der Waals surface area contributed by atoms with Crippen molar-refractivity contribution in [1.82, 2.24) is 19.7 Å². The van der Waals surface area contributed by atoms with Crippen LogP contribution in [0.3, 0.4) is 0 Å². The monoisotopic (exact) mass is 524 g/mol. The first-order valence-corrected chi connectivity index (χ1v) is 14.4. The topological polar surface area (TPSA) is 136 Å². The first-order chi connectivity index (χ1) is 17.3. The van der Waals surface area contributed by atoms with E-state index in [-0.39, 0.29) is 27.5 Å². The van der Waals surface area contributed by atoms with E-state index in [1.165, 1.54) is 36.7 Å². The Bertz CT molecular complexity index is 1550. The van der Waals surface area contributed by atoms with E-state index >= 15 is 0 Å². The fourth-order valence-electron chi connectivity index (χ4n) is 4.17. The van der Waals surface area contributed by atoms with Crippen LogP contribution in [0.25, 0.3) is 11.3 Å². The summed E-state index contributed by atoms with van der Waals surface area (Å²) in [5.41, 5.74) is 1.30. The molecule has 1 fully saturated rings. The highest BCUT2D eigenvalue weighted by atomic mass is 32.2. The van der Waals surface area contributed by atoms with Crippen LogP contribution in [0.5, 0.6) is 0 Å². The van der Waals surface area contributed by atoms with Crippen molar-refractivity contribution in [2.75, 3.05) is 9.44 Å². The molecule has 2 aromatic carbocycles. The average Bonchev–Trinajstić information content (AvgIpc) is 3.56. The summed E-state index contributed by atoms with van der Waals surface area (Å²) < 4.78 is 58.7. The maximum absolute atomic E-state index is 13.4. The Labute approximate surface area is 209 Å². The highest BCUT2D eigenvalue weighted by Gasteiger charge is 2.27. The van der Waals surface area contributed by atoms with Crippen molar-refractivity contribution in [2.24, 2.45) is 0 Å². The Kier molecular flexibility index (Phi) is 6.46. The van der Waals surface area contributed by atoms with E-state index in [4.69, 9.17) is 0 Å². The van der Waals surface area contributed by atoms with Crippen molar-refractivity contribution in [3.63, 3.8) is 0 Å². The SMILES string of the molecule is O=S(=O)(Nc1ncccn1)c1ccc(NS(=O)(=O)c2cn(C3CCCC3)nc2-c2ccccc2)cc1. The van der Waals surface area contributed by atoms with Crippen LogP contribution in [0.2, 0.25) is 0 Å². The van der Waals surface area contributed by atoms with E-state index in [1.807, 2.05) is 30.3 Å². The molecule has 1 saturated carbocycles. The lowest BCUT2D eigenvalue weighted by Gasteiger charge is -2.10. The third-order valence-electron chi connectivity index (χ3n) is 5.94. The highest BCUT2D eigenvalue weighted by molar-refractivity contribution is 7.93. The van der Waals surface area contributed by atoms with Gasteiger partial charge in [-0.1, -0.05) is 43.2 Å². The lowest BCUT2D eigenvalue weighted by Crippen LogP contribution is -2.16. The van der Waals surface area contributed by atoms with E-state index < -0.39 is 20.0 Å². The van der Waals surface area contributed by atoms with Gasteiger partial charge in [-0.05, 0) is 43.2 Å². The molecule has 0 amide bonds. The first kappa shape index (κ1) is 23.9. The van der Waals surface area contributed by atoms with Gasteiger partial charge >= 0.3 is 0 Å². The molecule has 5 rings (SSSR count). The third-order valence-corrected chi connectivity index (χ3v) is 8.67. The molecule has 0 bridgehead atoms. The lowest BCUT2D eigenvalue weighted by molar-refractivity contribution is 0.467. The van der Waals surface area contributed by atoms with Crippen LogP contribution in [0.4, 0.5) is 11.6 Å². The van der Waals surface area contributed by atoms with E-state index in [0.717, 1.165) is 25.7 Å². The molecule has 4 aromatic rings.